The van der Waals surface area contributed by atoms with Crippen molar-refractivity contribution in [1.82, 2.24) is 9.79 Å². The van der Waals surface area contributed by atoms with E-state index in [9.17, 15) is 8.42 Å². The Morgan fingerprint density at radius 3 is 2.80 bits per heavy atom. The second-order valence-corrected chi connectivity index (χ2v) is 7.83. The van der Waals surface area contributed by atoms with Gasteiger partial charge in [0.15, 0.2) is 0 Å². The molecule has 136 valence electrons. The zero-order chi connectivity index (χ0) is 17.9. The minimum absolute atomic E-state index is 0.0891. The highest BCUT2D eigenvalue weighted by atomic mass is 32.2. The average Bonchev–Trinajstić information content (AvgIpc) is 3.24. The lowest BCUT2D eigenvalue weighted by Gasteiger charge is -2.20. The lowest BCUT2D eigenvalue weighted by atomic mass is 10.1. The highest BCUT2D eigenvalue weighted by Crippen LogP contribution is 2.33. The molecule has 1 fully saturated rings. The van der Waals surface area contributed by atoms with Crippen molar-refractivity contribution in [3.8, 4) is 5.75 Å². The molecule has 8 heteroatoms. The third-order valence-corrected chi connectivity index (χ3v) is 6.11. The Morgan fingerprint density at radius 1 is 1.28 bits per heavy atom. The maximum Gasteiger partial charge on any atom is 0.218 e. The summed E-state index contributed by atoms with van der Waals surface area (Å²) in [6.07, 6.45) is 2.07. The first-order valence-corrected chi connectivity index (χ1v) is 9.57. The Balaban J connectivity index is 1.67. The van der Waals surface area contributed by atoms with Crippen molar-refractivity contribution in [2.75, 3.05) is 27.3 Å². The molecule has 1 N–H and O–H groups in total. The molecule has 0 radical (unpaired) electrons. The third-order valence-electron chi connectivity index (χ3n) is 4.31. The number of ether oxygens (including phenoxy) is 1. The molecule has 0 aliphatic carbocycles. The summed E-state index contributed by atoms with van der Waals surface area (Å²) in [6, 6.07) is 10.6. The number of hydroxylamine groups is 2. The van der Waals surface area contributed by atoms with Crippen LogP contribution in [0, 0.1) is 0 Å². The quantitative estimate of drug-likeness (QED) is 0.804. The van der Waals surface area contributed by atoms with Crippen molar-refractivity contribution in [3.05, 3.63) is 54.0 Å². The molecule has 2 atom stereocenters. The molecule has 2 unspecified atom stereocenters. The minimum Gasteiger partial charge on any atom is -0.496 e. The van der Waals surface area contributed by atoms with Crippen LogP contribution in [0.5, 0.6) is 5.75 Å². The molecule has 1 aromatic heterocycles. The van der Waals surface area contributed by atoms with Gasteiger partial charge in [0, 0.05) is 13.6 Å². The number of furan rings is 1. The van der Waals surface area contributed by atoms with Gasteiger partial charge in [-0.25, -0.2) is 13.1 Å². The van der Waals surface area contributed by atoms with E-state index in [-0.39, 0.29) is 13.2 Å². The molecule has 2 aromatic rings. The van der Waals surface area contributed by atoms with Gasteiger partial charge in [0.05, 0.1) is 20.0 Å². The second kappa shape index (κ2) is 7.57. The molecule has 0 amide bonds. The van der Waals surface area contributed by atoms with E-state index in [0.29, 0.717) is 12.2 Å². The fourth-order valence-electron chi connectivity index (χ4n) is 3.02. The van der Waals surface area contributed by atoms with Gasteiger partial charge in [-0.05, 0) is 30.2 Å². The van der Waals surface area contributed by atoms with Crippen LogP contribution in [0.25, 0.3) is 0 Å². The Morgan fingerprint density at radius 2 is 2.08 bits per heavy atom. The van der Waals surface area contributed by atoms with Crippen LogP contribution >= 0.6 is 0 Å². The predicted octanol–water partition coefficient (Wildman–Crippen LogP) is 1.74. The van der Waals surface area contributed by atoms with E-state index in [2.05, 4.69) is 4.72 Å². The van der Waals surface area contributed by atoms with Gasteiger partial charge in [-0.15, -0.1) is 0 Å². The zero-order valence-corrected chi connectivity index (χ0v) is 15.0. The van der Waals surface area contributed by atoms with Gasteiger partial charge in [0.2, 0.25) is 10.0 Å². The molecule has 0 spiro atoms. The van der Waals surface area contributed by atoms with Crippen molar-refractivity contribution in [1.29, 1.82) is 0 Å². The smallest absolute Gasteiger partial charge is 0.218 e. The summed E-state index contributed by atoms with van der Waals surface area (Å²) in [7, 11) is -0.270. The molecule has 1 saturated heterocycles. The first-order chi connectivity index (χ1) is 12.0. The topological polar surface area (TPSA) is 81.0 Å². The minimum atomic E-state index is -3.58. The van der Waals surface area contributed by atoms with Crippen LogP contribution in [-0.2, 0) is 21.3 Å². The summed E-state index contributed by atoms with van der Waals surface area (Å²) in [6.45, 7) is 0.375. The van der Waals surface area contributed by atoms with E-state index in [1.165, 1.54) is 11.3 Å². The summed E-state index contributed by atoms with van der Waals surface area (Å²) in [5.41, 5.74) is 0.954. The zero-order valence-electron chi connectivity index (χ0n) is 14.2. The SMILES string of the molecule is COc1ccccc1CCNS(=O)(=O)C1CON(C)C1c1ccco1. The summed E-state index contributed by atoms with van der Waals surface area (Å²) in [4.78, 5) is 5.42. The van der Waals surface area contributed by atoms with E-state index in [1.54, 1.807) is 26.3 Å². The number of hydrogen-bond acceptors (Lipinski definition) is 6. The fraction of sp³-hybridized carbons (Fsp3) is 0.412. The molecule has 7 nitrogen and oxygen atoms in total. The molecule has 1 aromatic carbocycles. The number of nitrogens with one attached hydrogen (secondary N) is 1. The van der Waals surface area contributed by atoms with Gasteiger partial charge in [0.1, 0.15) is 22.8 Å². The number of sulfonamides is 1. The summed E-state index contributed by atoms with van der Waals surface area (Å²) in [5.74, 6) is 1.32. The summed E-state index contributed by atoms with van der Waals surface area (Å²) >= 11 is 0. The van der Waals surface area contributed by atoms with Gasteiger partial charge in [-0.1, -0.05) is 18.2 Å². The van der Waals surface area contributed by atoms with E-state index in [0.717, 1.165) is 11.3 Å². The average molecular weight is 366 g/mol. The molecule has 0 bridgehead atoms. The maximum absolute atomic E-state index is 12.7. The van der Waals surface area contributed by atoms with Crippen molar-refractivity contribution in [3.63, 3.8) is 0 Å². The molecular formula is C17H22N2O5S. The van der Waals surface area contributed by atoms with E-state index < -0.39 is 21.3 Å². The van der Waals surface area contributed by atoms with Crippen LogP contribution in [-0.4, -0.2) is 46.0 Å². The number of rotatable bonds is 7. The first-order valence-electron chi connectivity index (χ1n) is 8.02. The molecular weight excluding hydrogens is 344 g/mol. The van der Waals surface area contributed by atoms with Crippen LogP contribution in [0.1, 0.15) is 17.4 Å². The monoisotopic (exact) mass is 366 g/mol. The van der Waals surface area contributed by atoms with Crippen LogP contribution in [0.15, 0.2) is 47.1 Å². The molecule has 1 aliphatic rings. The molecule has 3 rings (SSSR count). The normalized spacial score (nSPS) is 21.5. The second-order valence-electron chi connectivity index (χ2n) is 5.84. The Hall–Kier alpha value is -1.87. The fourth-order valence-corrected chi connectivity index (χ4v) is 4.51. The predicted molar refractivity (Wildman–Crippen MR) is 92.6 cm³/mol. The van der Waals surface area contributed by atoms with Gasteiger partial charge in [-0.2, -0.15) is 5.06 Å². The number of nitrogens with zero attached hydrogens (tertiary/aromatic N) is 1. The third kappa shape index (κ3) is 3.87. The Bertz CT molecular complexity index is 791. The molecule has 0 saturated carbocycles. The maximum atomic E-state index is 12.7. The van der Waals surface area contributed by atoms with E-state index in [1.807, 2.05) is 24.3 Å². The van der Waals surface area contributed by atoms with Gasteiger partial charge in [0.25, 0.3) is 0 Å². The Labute approximate surface area is 147 Å². The summed E-state index contributed by atoms with van der Waals surface area (Å²) in [5, 5.41) is 0.796. The van der Waals surface area contributed by atoms with E-state index >= 15 is 0 Å². The summed E-state index contributed by atoms with van der Waals surface area (Å²) < 4.78 is 38.8. The Kier molecular flexibility index (Phi) is 5.43. The molecule has 1 aliphatic heterocycles. The highest BCUT2D eigenvalue weighted by Gasteiger charge is 2.44. The number of methoxy groups -OCH3 is 1. The van der Waals surface area contributed by atoms with Gasteiger partial charge < -0.3 is 9.15 Å². The van der Waals surface area contributed by atoms with Crippen LogP contribution in [0.4, 0.5) is 0 Å². The van der Waals surface area contributed by atoms with E-state index in [4.69, 9.17) is 14.0 Å². The van der Waals surface area contributed by atoms with Crippen molar-refractivity contribution in [2.45, 2.75) is 17.7 Å². The van der Waals surface area contributed by atoms with Crippen LogP contribution in [0.3, 0.4) is 0 Å². The van der Waals surface area contributed by atoms with Crippen LogP contribution < -0.4 is 9.46 Å². The van der Waals surface area contributed by atoms with Crippen molar-refractivity contribution < 1.29 is 22.4 Å². The van der Waals surface area contributed by atoms with Gasteiger partial charge in [-0.3, -0.25) is 4.84 Å². The van der Waals surface area contributed by atoms with Crippen molar-refractivity contribution in [2.24, 2.45) is 0 Å². The lowest BCUT2D eigenvalue weighted by Crippen LogP contribution is -2.40. The largest absolute Gasteiger partial charge is 0.496 e. The first kappa shape index (κ1) is 17.9. The van der Waals surface area contributed by atoms with Gasteiger partial charge >= 0.3 is 0 Å². The molecule has 2 heterocycles. The standard InChI is InChI=1S/C17H22N2O5S/c1-19-17(15-8-5-11-23-15)16(12-24-19)25(20,21)18-10-9-13-6-3-4-7-14(13)22-2/h3-8,11,16-18H,9-10,12H2,1-2H3. The number of para-hydroxylation sites is 1. The molecule has 25 heavy (non-hydrogen) atoms. The van der Waals surface area contributed by atoms with Crippen molar-refractivity contribution >= 4 is 10.0 Å². The number of benzene rings is 1. The van der Waals surface area contributed by atoms with Crippen LogP contribution in [0.2, 0.25) is 0 Å². The highest BCUT2D eigenvalue weighted by molar-refractivity contribution is 7.90. The lowest BCUT2D eigenvalue weighted by molar-refractivity contribution is -0.113. The number of hydrogen-bond donors (Lipinski definition) is 1.